The van der Waals surface area contributed by atoms with E-state index in [2.05, 4.69) is 15.5 Å². The topological polar surface area (TPSA) is 98.0 Å². The second-order valence-corrected chi connectivity index (χ2v) is 8.30. The number of halogens is 1. The summed E-state index contributed by atoms with van der Waals surface area (Å²) in [6, 6.07) is 15.9. The van der Waals surface area contributed by atoms with Crippen LogP contribution in [0.5, 0.6) is 0 Å². The normalized spacial score (nSPS) is 11.9. The van der Waals surface area contributed by atoms with Gasteiger partial charge in [0.25, 0.3) is 0 Å². The van der Waals surface area contributed by atoms with Gasteiger partial charge in [0.2, 0.25) is 0 Å². The average Bonchev–Trinajstić information content (AvgIpc) is 3.43. The van der Waals surface area contributed by atoms with Crippen molar-refractivity contribution in [2.24, 2.45) is 0 Å². The van der Waals surface area contributed by atoms with Gasteiger partial charge in [-0.05, 0) is 39.1 Å². The van der Waals surface area contributed by atoms with Crippen LogP contribution in [0.15, 0.2) is 66.3 Å². The second-order valence-electron chi connectivity index (χ2n) is 6.90. The minimum Gasteiger partial charge on any atom is -0.478 e. The van der Waals surface area contributed by atoms with Gasteiger partial charge in [0, 0.05) is 28.3 Å². The molecule has 0 fully saturated rings. The molecule has 2 heterocycles. The van der Waals surface area contributed by atoms with E-state index < -0.39 is 12.0 Å². The zero-order chi connectivity index (χ0) is 21.8. The maximum absolute atomic E-state index is 13.3. The third-order valence-corrected chi connectivity index (χ3v) is 6.14. The maximum atomic E-state index is 13.3. The molecule has 1 unspecified atom stereocenters. The van der Waals surface area contributed by atoms with Crippen molar-refractivity contribution in [2.45, 2.75) is 18.9 Å². The van der Waals surface area contributed by atoms with Crippen LogP contribution < -0.4 is 0 Å². The van der Waals surface area contributed by atoms with Crippen molar-refractivity contribution in [3.05, 3.63) is 87.3 Å². The molecule has 0 aliphatic rings. The molecule has 31 heavy (non-hydrogen) atoms. The summed E-state index contributed by atoms with van der Waals surface area (Å²) in [6.45, 7) is 0. The van der Waals surface area contributed by atoms with Crippen molar-refractivity contribution in [3.63, 3.8) is 0 Å². The Bertz CT molecular complexity index is 1190. The van der Waals surface area contributed by atoms with E-state index in [1.54, 1.807) is 29.6 Å². The van der Waals surface area contributed by atoms with Crippen LogP contribution in [0.4, 0.5) is 0 Å². The summed E-state index contributed by atoms with van der Waals surface area (Å²) in [7, 11) is 0. The van der Waals surface area contributed by atoms with Gasteiger partial charge in [0.15, 0.2) is 5.78 Å². The number of hydrogen-bond donors (Lipinski definition) is 1. The fourth-order valence-electron chi connectivity index (χ4n) is 3.38. The Morgan fingerprint density at radius 1 is 1.10 bits per heavy atom. The van der Waals surface area contributed by atoms with Gasteiger partial charge in [-0.15, -0.1) is 16.4 Å². The predicted molar refractivity (Wildman–Crippen MR) is 117 cm³/mol. The Morgan fingerprint density at radius 2 is 1.84 bits per heavy atom. The summed E-state index contributed by atoms with van der Waals surface area (Å²) < 4.78 is 1.42. The Balaban J connectivity index is 1.64. The SMILES string of the molecule is O=C(O)c1c(-c2ccc(Cl)cc2)csc1CC(=O)C(Cc1ccccc1)n1cnnn1. The summed E-state index contributed by atoms with van der Waals surface area (Å²) >= 11 is 7.21. The number of rotatable bonds is 8. The van der Waals surface area contributed by atoms with Crippen LogP contribution in [-0.2, 0) is 17.6 Å². The van der Waals surface area contributed by atoms with E-state index in [0.717, 1.165) is 11.1 Å². The van der Waals surface area contributed by atoms with Crippen LogP contribution in [0.3, 0.4) is 0 Å². The number of carboxylic acids is 1. The molecule has 4 aromatic rings. The zero-order valence-corrected chi connectivity index (χ0v) is 17.8. The molecule has 0 amide bonds. The number of benzene rings is 2. The van der Waals surface area contributed by atoms with Crippen molar-refractivity contribution in [1.82, 2.24) is 20.2 Å². The minimum absolute atomic E-state index is 0.0305. The van der Waals surface area contributed by atoms with Crippen molar-refractivity contribution >= 4 is 34.7 Å². The molecule has 2 aromatic carbocycles. The lowest BCUT2D eigenvalue weighted by Gasteiger charge is -2.15. The van der Waals surface area contributed by atoms with Crippen LogP contribution >= 0.6 is 22.9 Å². The fourth-order valence-corrected chi connectivity index (χ4v) is 4.56. The van der Waals surface area contributed by atoms with Crippen molar-refractivity contribution < 1.29 is 14.7 Å². The molecule has 0 radical (unpaired) electrons. The number of carbonyl (C=O) groups excluding carboxylic acids is 1. The van der Waals surface area contributed by atoms with Crippen LogP contribution in [0.25, 0.3) is 11.1 Å². The number of aromatic carboxylic acids is 1. The third-order valence-electron chi connectivity index (χ3n) is 4.90. The van der Waals surface area contributed by atoms with Gasteiger partial charge in [0.1, 0.15) is 12.4 Å². The Morgan fingerprint density at radius 3 is 2.48 bits per heavy atom. The van der Waals surface area contributed by atoms with E-state index >= 15 is 0 Å². The number of aromatic nitrogens is 4. The molecule has 0 bridgehead atoms. The third kappa shape index (κ3) is 4.70. The Hall–Kier alpha value is -3.36. The monoisotopic (exact) mass is 452 g/mol. The summed E-state index contributed by atoms with van der Waals surface area (Å²) in [5.74, 6) is -1.24. The number of hydrogen-bond acceptors (Lipinski definition) is 6. The first-order valence-electron chi connectivity index (χ1n) is 9.41. The molecule has 0 aliphatic carbocycles. The molecule has 1 N–H and O–H groups in total. The molecule has 7 nitrogen and oxygen atoms in total. The second kappa shape index (κ2) is 9.20. The molecule has 0 saturated carbocycles. The summed E-state index contributed by atoms with van der Waals surface area (Å²) in [5, 5.41) is 23.4. The number of carbonyl (C=O) groups is 2. The van der Waals surface area contributed by atoms with E-state index in [9.17, 15) is 14.7 Å². The first-order valence-corrected chi connectivity index (χ1v) is 10.7. The minimum atomic E-state index is -1.07. The molecule has 0 saturated heterocycles. The quantitative estimate of drug-likeness (QED) is 0.426. The molecule has 0 spiro atoms. The molecular formula is C22H17ClN4O3S. The molecule has 9 heteroatoms. The van der Waals surface area contributed by atoms with E-state index in [1.807, 2.05) is 30.3 Å². The number of tetrazole rings is 1. The Kier molecular flexibility index (Phi) is 6.20. The number of Topliss-reactive ketones (excluding diaryl/α,β-unsaturated/α-hetero) is 1. The highest BCUT2D eigenvalue weighted by molar-refractivity contribution is 7.11. The van der Waals surface area contributed by atoms with Crippen LogP contribution in [-0.4, -0.2) is 37.1 Å². The number of thiophene rings is 1. The lowest BCUT2D eigenvalue weighted by molar-refractivity contribution is -0.121. The van der Waals surface area contributed by atoms with Gasteiger partial charge in [-0.25, -0.2) is 9.48 Å². The molecular weight excluding hydrogens is 436 g/mol. The average molecular weight is 453 g/mol. The Labute approximate surface area is 186 Å². The number of carboxylic acid groups (broad SMARTS) is 1. The van der Waals surface area contributed by atoms with Crippen LogP contribution in [0.2, 0.25) is 5.02 Å². The zero-order valence-electron chi connectivity index (χ0n) is 16.2. The van der Waals surface area contributed by atoms with Gasteiger partial charge in [0.05, 0.1) is 5.56 Å². The number of ketones is 1. The first-order chi connectivity index (χ1) is 15.0. The lowest BCUT2D eigenvalue weighted by atomic mass is 9.97. The van der Waals surface area contributed by atoms with Gasteiger partial charge >= 0.3 is 5.97 Å². The van der Waals surface area contributed by atoms with E-state index in [1.165, 1.54) is 22.3 Å². The molecule has 2 aromatic heterocycles. The lowest BCUT2D eigenvalue weighted by Crippen LogP contribution is -2.24. The van der Waals surface area contributed by atoms with E-state index in [4.69, 9.17) is 11.6 Å². The van der Waals surface area contributed by atoms with Crippen molar-refractivity contribution in [1.29, 1.82) is 0 Å². The fraction of sp³-hybridized carbons (Fsp3) is 0.136. The maximum Gasteiger partial charge on any atom is 0.337 e. The summed E-state index contributed by atoms with van der Waals surface area (Å²) in [5.41, 5.74) is 2.40. The first kappa shape index (κ1) is 20.9. The highest BCUT2D eigenvalue weighted by Crippen LogP contribution is 2.33. The standard InChI is InChI=1S/C22H17ClN4O3S/c23-16-8-6-15(7-9-16)17-12-31-20(21(17)22(29)30)11-19(28)18(27-13-24-25-26-27)10-14-4-2-1-3-5-14/h1-9,12-13,18H,10-11H2,(H,29,30). The van der Waals surface area contributed by atoms with Crippen molar-refractivity contribution in [2.75, 3.05) is 0 Å². The van der Waals surface area contributed by atoms with Gasteiger partial charge in [-0.1, -0.05) is 54.1 Å². The van der Waals surface area contributed by atoms with E-state index in [-0.39, 0.29) is 17.8 Å². The highest BCUT2D eigenvalue weighted by Gasteiger charge is 2.27. The smallest absolute Gasteiger partial charge is 0.337 e. The van der Waals surface area contributed by atoms with Crippen molar-refractivity contribution in [3.8, 4) is 11.1 Å². The summed E-state index contributed by atoms with van der Waals surface area (Å²) in [6.07, 6.45) is 1.77. The molecule has 0 aliphatic heterocycles. The summed E-state index contributed by atoms with van der Waals surface area (Å²) in [4.78, 5) is 25.8. The number of nitrogens with zero attached hydrogens (tertiary/aromatic N) is 4. The predicted octanol–water partition coefficient (Wildman–Crippen LogP) is 4.35. The van der Waals surface area contributed by atoms with Gasteiger partial charge in [-0.3, -0.25) is 4.79 Å². The molecule has 1 atom stereocenters. The largest absolute Gasteiger partial charge is 0.478 e. The van der Waals surface area contributed by atoms with Gasteiger partial charge < -0.3 is 5.11 Å². The van der Waals surface area contributed by atoms with Crippen LogP contribution in [0.1, 0.15) is 26.8 Å². The van der Waals surface area contributed by atoms with Crippen LogP contribution in [0, 0.1) is 0 Å². The van der Waals surface area contributed by atoms with Gasteiger partial charge in [-0.2, -0.15) is 0 Å². The molecule has 156 valence electrons. The molecule has 4 rings (SSSR count). The highest BCUT2D eigenvalue weighted by atomic mass is 35.5. The van der Waals surface area contributed by atoms with E-state index in [0.29, 0.717) is 21.9 Å².